The van der Waals surface area contributed by atoms with Crippen LogP contribution in [0.15, 0.2) is 42.5 Å². The van der Waals surface area contributed by atoms with E-state index in [9.17, 15) is 4.79 Å². The number of ether oxygens (including phenoxy) is 1. The quantitative estimate of drug-likeness (QED) is 0.856. The van der Waals surface area contributed by atoms with Gasteiger partial charge < -0.3 is 15.0 Å². The summed E-state index contributed by atoms with van der Waals surface area (Å²) in [7, 11) is 3.68. The second-order valence-corrected chi connectivity index (χ2v) is 5.96. The standard InChI is InChI=1S/C19H24N2O2/c1-14-7-5-10-18(15(14)2)20-19(22)13-21(3)12-16-8-6-9-17(11-16)23-4/h5-11H,12-13H2,1-4H3,(H,20,22)/p+1. The molecule has 2 aromatic rings. The zero-order chi connectivity index (χ0) is 16.8. The van der Waals surface area contributed by atoms with Crippen molar-refractivity contribution in [3.8, 4) is 5.75 Å². The fourth-order valence-electron chi connectivity index (χ4n) is 2.55. The average Bonchev–Trinajstić information content (AvgIpc) is 2.51. The molecule has 2 N–H and O–H groups in total. The number of benzene rings is 2. The molecule has 1 unspecified atom stereocenters. The summed E-state index contributed by atoms with van der Waals surface area (Å²) in [4.78, 5) is 13.4. The van der Waals surface area contributed by atoms with E-state index in [-0.39, 0.29) is 5.91 Å². The zero-order valence-corrected chi connectivity index (χ0v) is 14.3. The molecule has 0 heterocycles. The van der Waals surface area contributed by atoms with Crippen LogP contribution in [0, 0.1) is 13.8 Å². The van der Waals surface area contributed by atoms with E-state index in [1.165, 1.54) is 5.56 Å². The molecule has 0 fully saturated rings. The predicted molar refractivity (Wildman–Crippen MR) is 93.0 cm³/mol. The topological polar surface area (TPSA) is 42.8 Å². The van der Waals surface area contributed by atoms with Crippen molar-refractivity contribution in [3.05, 3.63) is 59.2 Å². The van der Waals surface area contributed by atoms with Crippen LogP contribution >= 0.6 is 0 Å². The van der Waals surface area contributed by atoms with Crippen LogP contribution in [0.25, 0.3) is 0 Å². The first-order chi connectivity index (χ1) is 11.0. The molecule has 0 radical (unpaired) electrons. The number of carbonyl (C=O) groups excluding carboxylic acids is 1. The summed E-state index contributed by atoms with van der Waals surface area (Å²) in [6, 6.07) is 13.9. The van der Waals surface area contributed by atoms with Crippen LogP contribution in [-0.4, -0.2) is 26.6 Å². The van der Waals surface area contributed by atoms with Crippen LogP contribution in [0.5, 0.6) is 5.75 Å². The Labute approximate surface area is 138 Å². The van der Waals surface area contributed by atoms with Gasteiger partial charge in [-0.05, 0) is 43.2 Å². The summed E-state index contributed by atoms with van der Waals surface area (Å²) in [5.41, 5.74) is 4.34. The minimum absolute atomic E-state index is 0.0269. The van der Waals surface area contributed by atoms with Crippen LogP contribution in [0.1, 0.15) is 16.7 Å². The SMILES string of the molecule is COc1cccc(C[NH+](C)CC(=O)Nc2cccc(C)c2C)c1. The van der Waals surface area contributed by atoms with Crippen molar-refractivity contribution in [3.63, 3.8) is 0 Å². The number of rotatable bonds is 6. The van der Waals surface area contributed by atoms with E-state index < -0.39 is 0 Å². The summed E-state index contributed by atoms with van der Waals surface area (Å²) in [5.74, 6) is 0.870. The maximum atomic E-state index is 12.2. The summed E-state index contributed by atoms with van der Waals surface area (Å²) in [6.07, 6.45) is 0. The third-order valence-electron chi connectivity index (χ3n) is 3.98. The Morgan fingerprint density at radius 1 is 1.17 bits per heavy atom. The monoisotopic (exact) mass is 313 g/mol. The molecule has 0 aromatic heterocycles. The lowest BCUT2D eigenvalue weighted by atomic mass is 10.1. The van der Waals surface area contributed by atoms with E-state index in [2.05, 4.69) is 11.4 Å². The Morgan fingerprint density at radius 3 is 2.65 bits per heavy atom. The minimum atomic E-state index is 0.0269. The fourth-order valence-corrected chi connectivity index (χ4v) is 2.55. The Kier molecular flexibility index (Phi) is 5.77. The lowest BCUT2D eigenvalue weighted by Gasteiger charge is -2.15. The lowest BCUT2D eigenvalue weighted by molar-refractivity contribution is -0.885. The molecule has 0 aliphatic rings. The molecule has 1 atom stereocenters. The molecule has 0 saturated heterocycles. The van der Waals surface area contributed by atoms with Crippen molar-refractivity contribution in [2.24, 2.45) is 0 Å². The van der Waals surface area contributed by atoms with E-state index in [0.717, 1.165) is 34.0 Å². The molecular formula is C19H25N2O2+. The predicted octanol–water partition coefficient (Wildman–Crippen LogP) is 1.97. The summed E-state index contributed by atoms with van der Waals surface area (Å²) >= 11 is 0. The Balaban J connectivity index is 1.93. The highest BCUT2D eigenvalue weighted by Gasteiger charge is 2.12. The number of quaternary nitrogens is 1. The number of amides is 1. The van der Waals surface area contributed by atoms with Crippen molar-refractivity contribution in [2.45, 2.75) is 20.4 Å². The second kappa shape index (κ2) is 7.79. The Bertz CT molecular complexity index is 683. The van der Waals surface area contributed by atoms with E-state index in [1.54, 1.807) is 7.11 Å². The molecule has 0 saturated carbocycles. The van der Waals surface area contributed by atoms with Gasteiger partial charge in [-0.15, -0.1) is 0 Å². The third-order valence-corrected chi connectivity index (χ3v) is 3.98. The van der Waals surface area contributed by atoms with Crippen molar-refractivity contribution >= 4 is 11.6 Å². The van der Waals surface area contributed by atoms with Gasteiger partial charge in [0, 0.05) is 11.3 Å². The third kappa shape index (κ3) is 4.83. The van der Waals surface area contributed by atoms with Crippen molar-refractivity contribution in [1.29, 1.82) is 0 Å². The molecule has 2 aromatic carbocycles. The number of hydrogen-bond acceptors (Lipinski definition) is 2. The first kappa shape index (κ1) is 17.0. The first-order valence-electron chi connectivity index (χ1n) is 7.80. The number of carbonyl (C=O) groups is 1. The highest BCUT2D eigenvalue weighted by molar-refractivity contribution is 5.92. The van der Waals surface area contributed by atoms with Crippen molar-refractivity contribution in [1.82, 2.24) is 0 Å². The molecule has 1 amide bonds. The van der Waals surface area contributed by atoms with Crippen LogP contribution in [-0.2, 0) is 11.3 Å². The van der Waals surface area contributed by atoms with Gasteiger partial charge in [-0.2, -0.15) is 0 Å². The normalized spacial score (nSPS) is 11.8. The number of nitrogens with one attached hydrogen (secondary N) is 2. The van der Waals surface area contributed by atoms with E-state index in [1.807, 2.05) is 57.3 Å². The molecule has 2 rings (SSSR count). The molecule has 122 valence electrons. The zero-order valence-electron chi connectivity index (χ0n) is 14.3. The molecule has 4 heteroatoms. The first-order valence-corrected chi connectivity index (χ1v) is 7.80. The smallest absolute Gasteiger partial charge is 0.279 e. The molecule has 0 bridgehead atoms. The van der Waals surface area contributed by atoms with Crippen molar-refractivity contribution < 1.29 is 14.4 Å². The van der Waals surface area contributed by atoms with E-state index in [0.29, 0.717) is 6.54 Å². The highest BCUT2D eigenvalue weighted by Crippen LogP contribution is 2.17. The van der Waals surface area contributed by atoms with E-state index >= 15 is 0 Å². The number of anilines is 1. The summed E-state index contributed by atoms with van der Waals surface area (Å²) in [6.45, 7) is 5.27. The van der Waals surface area contributed by atoms with Gasteiger partial charge in [-0.3, -0.25) is 4.79 Å². The van der Waals surface area contributed by atoms with Gasteiger partial charge in [0.2, 0.25) is 0 Å². The maximum Gasteiger partial charge on any atom is 0.279 e. The van der Waals surface area contributed by atoms with Gasteiger partial charge in [-0.25, -0.2) is 0 Å². The van der Waals surface area contributed by atoms with Gasteiger partial charge in [0.25, 0.3) is 5.91 Å². The van der Waals surface area contributed by atoms with Crippen LogP contribution in [0.3, 0.4) is 0 Å². The van der Waals surface area contributed by atoms with Crippen LogP contribution in [0.4, 0.5) is 5.69 Å². The fraction of sp³-hybridized carbons (Fsp3) is 0.316. The number of hydrogen-bond donors (Lipinski definition) is 2. The van der Waals surface area contributed by atoms with Gasteiger partial charge in [0.15, 0.2) is 6.54 Å². The number of likely N-dealkylation sites (N-methyl/N-ethyl adjacent to an activating group) is 1. The largest absolute Gasteiger partial charge is 0.497 e. The van der Waals surface area contributed by atoms with Gasteiger partial charge >= 0.3 is 0 Å². The molecule has 4 nitrogen and oxygen atoms in total. The Morgan fingerprint density at radius 2 is 1.91 bits per heavy atom. The minimum Gasteiger partial charge on any atom is -0.497 e. The average molecular weight is 313 g/mol. The molecule has 0 aliphatic heterocycles. The van der Waals surface area contributed by atoms with Crippen LogP contribution < -0.4 is 15.0 Å². The van der Waals surface area contributed by atoms with Gasteiger partial charge in [0.1, 0.15) is 12.3 Å². The van der Waals surface area contributed by atoms with Gasteiger partial charge in [0.05, 0.1) is 14.2 Å². The molecule has 23 heavy (non-hydrogen) atoms. The molecule has 0 spiro atoms. The van der Waals surface area contributed by atoms with Crippen molar-refractivity contribution in [2.75, 3.05) is 26.0 Å². The van der Waals surface area contributed by atoms with Gasteiger partial charge in [-0.1, -0.05) is 24.3 Å². The highest BCUT2D eigenvalue weighted by atomic mass is 16.5. The summed E-state index contributed by atoms with van der Waals surface area (Å²) < 4.78 is 5.23. The number of aryl methyl sites for hydroxylation is 1. The number of methoxy groups -OCH3 is 1. The maximum absolute atomic E-state index is 12.2. The van der Waals surface area contributed by atoms with E-state index in [4.69, 9.17) is 4.74 Å². The van der Waals surface area contributed by atoms with Crippen LogP contribution in [0.2, 0.25) is 0 Å². The lowest BCUT2D eigenvalue weighted by Crippen LogP contribution is -3.08. The Hall–Kier alpha value is -2.33. The second-order valence-electron chi connectivity index (χ2n) is 5.96. The molecular weight excluding hydrogens is 288 g/mol. The molecule has 0 aliphatic carbocycles. The summed E-state index contributed by atoms with van der Waals surface area (Å²) in [5, 5.41) is 3.01.